The summed E-state index contributed by atoms with van der Waals surface area (Å²) < 4.78 is 0. The van der Waals surface area contributed by atoms with Gasteiger partial charge >= 0.3 is 0 Å². The van der Waals surface area contributed by atoms with E-state index in [-0.39, 0.29) is 78.2 Å². The summed E-state index contributed by atoms with van der Waals surface area (Å²) in [6.45, 7) is 27.1. The van der Waals surface area contributed by atoms with E-state index in [1.165, 1.54) is 0 Å². The minimum atomic E-state index is -0.833. The summed E-state index contributed by atoms with van der Waals surface area (Å²) in [7, 11) is 0. The third kappa shape index (κ3) is 14.3. The van der Waals surface area contributed by atoms with Crippen molar-refractivity contribution >= 4 is 161 Å². The molecule has 14 nitrogen and oxygen atoms in total. The number of carbonyl (C=O) groups is 1. The predicted molar refractivity (Wildman–Crippen MR) is 454 cm³/mol. The third-order valence-electron chi connectivity index (χ3n) is 20.9. The van der Waals surface area contributed by atoms with Gasteiger partial charge in [0.25, 0.3) is 5.97 Å². The van der Waals surface area contributed by atoms with E-state index in [1.54, 1.807) is 0 Å². The molecule has 0 spiro atoms. The average molecular weight is 1560 g/mol. The summed E-state index contributed by atoms with van der Waals surface area (Å²) in [5.74, 6) is -0.324. The number of pyridine rings is 4. The molecule has 0 atom stereocenters. The largest absolute Gasteiger partial charge is 0.657 e. The Morgan fingerprint density at radius 3 is 0.982 bits per heavy atom. The first-order valence-electron chi connectivity index (χ1n) is 37.0. The number of aromatic amines is 1. The van der Waals surface area contributed by atoms with Crippen LogP contribution in [-0.2, 0) is 60.0 Å². The summed E-state index contributed by atoms with van der Waals surface area (Å²) in [5.41, 5.74) is 18.4. The SMILES string of the molecule is CC(=O)O.CC(C)(C)c1cc2c3nc(c(-c4ccccc4)c4ccc([n-]4)c4cc(C(C)(C)C)cc(c4O)c4ccc5ccc6ccc(nc6c5n4)c(c1)c2O)C=C3.CC(C)(C)c1cc2c3nc(c(-c4ccccc4)c4ccc([nH]4)c4cc(C(C)(C)C)cc(c4O)c4ccc5ccc6ccc(nc6c5n4)c(c1)c2O)C=C3.[Co].[Co]. The molecule has 18 rings (SSSR count). The number of carboxylic acids is 1. The summed E-state index contributed by atoms with van der Waals surface area (Å²) in [6, 6.07) is 68.9. The van der Waals surface area contributed by atoms with Gasteiger partial charge in [0.15, 0.2) is 0 Å². The zero-order valence-electron chi connectivity index (χ0n) is 64.4. The van der Waals surface area contributed by atoms with Crippen molar-refractivity contribution in [3.05, 3.63) is 251 Å². The van der Waals surface area contributed by atoms with Gasteiger partial charge in [-0.1, -0.05) is 204 Å². The minimum absolute atomic E-state index is 0. The molecule has 562 valence electrons. The normalized spacial score (nSPS) is 12.3. The number of hydrogen-bond donors (Lipinski definition) is 6. The molecular weight excluding hydrogens is 1480 g/mol. The number of carboxylic acid groups (broad SMARTS) is 1. The quantitative estimate of drug-likeness (QED) is 0.0887. The molecule has 8 aromatic heterocycles. The van der Waals surface area contributed by atoms with Crippen LogP contribution in [0.25, 0.3) is 177 Å². The van der Waals surface area contributed by atoms with E-state index in [2.05, 4.69) is 143 Å². The second-order valence-corrected chi connectivity index (χ2v) is 32.8. The van der Waals surface area contributed by atoms with Gasteiger partial charge < -0.3 is 35.5 Å². The molecule has 10 heterocycles. The van der Waals surface area contributed by atoms with Gasteiger partial charge in [-0.25, -0.2) is 29.9 Å². The van der Waals surface area contributed by atoms with Crippen LogP contribution in [0.2, 0.25) is 0 Å². The first-order valence-corrected chi connectivity index (χ1v) is 37.0. The van der Waals surface area contributed by atoms with E-state index in [9.17, 15) is 20.4 Å². The van der Waals surface area contributed by atoms with Gasteiger partial charge in [0.05, 0.1) is 66.9 Å². The maximum Gasteiger partial charge on any atom is 0.300 e. The molecule has 8 aromatic carbocycles. The van der Waals surface area contributed by atoms with Crippen LogP contribution in [0.15, 0.2) is 206 Å². The van der Waals surface area contributed by atoms with Crippen molar-refractivity contribution in [3.63, 3.8) is 0 Å². The van der Waals surface area contributed by atoms with Crippen molar-refractivity contribution in [2.45, 2.75) is 112 Å². The fraction of sp³-hybridized carbons (Fsp3) is 0.177. The Morgan fingerprint density at radius 2 is 0.607 bits per heavy atom. The third-order valence-corrected chi connectivity index (χ3v) is 20.9. The zero-order chi connectivity index (χ0) is 77.2. The Balaban J connectivity index is 0.000000175. The molecule has 0 unspecified atom stereocenters. The summed E-state index contributed by atoms with van der Waals surface area (Å²) in [4.78, 5) is 49.1. The Kier molecular flexibility index (Phi) is 19.9. The maximum atomic E-state index is 12.1. The van der Waals surface area contributed by atoms with Gasteiger partial charge in [0, 0.05) is 122 Å². The predicted octanol–water partition coefficient (Wildman–Crippen LogP) is 23.6. The van der Waals surface area contributed by atoms with Gasteiger partial charge in [-0.15, -0.1) is 11.0 Å². The fourth-order valence-electron chi connectivity index (χ4n) is 14.7. The van der Waals surface area contributed by atoms with Gasteiger partial charge in [0.1, 0.15) is 23.0 Å². The van der Waals surface area contributed by atoms with Crippen molar-refractivity contribution in [3.8, 4) is 45.3 Å². The van der Waals surface area contributed by atoms with Crippen LogP contribution < -0.4 is 4.98 Å². The molecule has 24 bridgehead atoms. The molecule has 6 N–H and O–H groups in total. The van der Waals surface area contributed by atoms with Crippen LogP contribution in [0.4, 0.5) is 0 Å². The molecule has 0 aliphatic carbocycles. The molecule has 0 fully saturated rings. The number of nitrogens with one attached hydrogen (secondary N) is 1. The van der Waals surface area contributed by atoms with Crippen LogP contribution in [-0.4, -0.2) is 66.4 Å². The number of aromatic hydroxyl groups is 4. The smallest absolute Gasteiger partial charge is 0.300 e. The number of hydrogen-bond acceptors (Lipinski definition) is 11. The number of phenolic OH excluding ortho intramolecular Hbond substituents is 4. The number of rotatable bonds is 2. The van der Waals surface area contributed by atoms with Crippen LogP contribution in [0.5, 0.6) is 23.0 Å². The second kappa shape index (κ2) is 29.0. The Hall–Kier alpha value is -12.1. The number of benzene rings is 8. The number of aliphatic carboxylic acids is 1. The van der Waals surface area contributed by atoms with Crippen molar-refractivity contribution in [1.29, 1.82) is 0 Å². The topological polar surface area (TPSA) is 225 Å². The molecule has 2 aliphatic rings. The molecule has 16 heteroatoms. The van der Waals surface area contributed by atoms with Crippen LogP contribution in [0.1, 0.15) is 135 Å². The van der Waals surface area contributed by atoms with E-state index in [4.69, 9.17) is 44.8 Å². The molecule has 0 saturated carbocycles. The average Bonchev–Trinajstić information content (AvgIpc) is 0.790. The van der Waals surface area contributed by atoms with Crippen LogP contribution in [0, 0.1) is 0 Å². The Morgan fingerprint density at radius 1 is 0.321 bits per heavy atom. The monoisotopic (exact) mass is 1560 g/mol. The number of aromatic nitrogens is 8. The maximum absolute atomic E-state index is 12.1. The first kappa shape index (κ1) is 76.7. The van der Waals surface area contributed by atoms with E-state index < -0.39 is 5.97 Å². The van der Waals surface area contributed by atoms with Gasteiger partial charge in [0.2, 0.25) is 0 Å². The molecule has 0 amide bonds. The van der Waals surface area contributed by atoms with E-state index >= 15 is 0 Å². The Bertz CT molecular complexity index is 6510. The van der Waals surface area contributed by atoms with Gasteiger partial charge in [-0.2, -0.15) is 0 Å². The minimum Gasteiger partial charge on any atom is -0.657 e. The summed E-state index contributed by atoms with van der Waals surface area (Å²) in [5, 5.41) is 64.7. The fourth-order valence-corrected chi connectivity index (χ4v) is 14.7. The van der Waals surface area contributed by atoms with Crippen molar-refractivity contribution in [2.24, 2.45) is 0 Å². The van der Waals surface area contributed by atoms with E-state index in [0.29, 0.717) is 93.1 Å². The number of fused-ring (bicyclic) bond motifs is 28. The molecule has 2 aliphatic heterocycles. The molecule has 112 heavy (non-hydrogen) atoms. The molecular formula is C96H83Co2N8O6-. The van der Waals surface area contributed by atoms with Crippen LogP contribution >= 0.6 is 0 Å². The number of phenols is 4. The first-order chi connectivity index (χ1) is 52.4. The summed E-state index contributed by atoms with van der Waals surface area (Å²) in [6.07, 6.45) is 7.94. The standard InChI is InChI=1S/C47H40N4O2.C47H39N4O2.C2H4O2.2Co/c2*1-46(2,3)29-22-31-35-18-20-39(48-35)41(26-10-8-7-9-11-26)40-21-19-36(49-40)32-23-30(47(4,5)6)25-34(45(32)53)38-17-15-28-13-12-27-14-16-37(33(24-29)44(31)52)50-42(27)43(28)51-38;1-2(3)4;;/h7-25,48,52-53H,1-6H3;7-25H,1-6H3,(H2-,48,49,50,51,52,53);1H3,(H,3,4);;/q;-1;;;. The summed E-state index contributed by atoms with van der Waals surface area (Å²) >= 11 is 0. The number of H-pyrrole nitrogens is 1. The molecule has 16 aromatic rings. The second-order valence-electron chi connectivity index (χ2n) is 32.8. The van der Waals surface area contributed by atoms with E-state index in [0.717, 1.165) is 112 Å². The Labute approximate surface area is 668 Å². The van der Waals surface area contributed by atoms with Gasteiger partial charge in [-0.3, -0.25) is 4.79 Å². The molecule has 2 radical (unpaired) electrons. The van der Waals surface area contributed by atoms with Crippen LogP contribution in [0.3, 0.4) is 0 Å². The van der Waals surface area contributed by atoms with Crippen molar-refractivity contribution < 1.29 is 63.9 Å². The zero-order valence-corrected chi connectivity index (χ0v) is 66.5. The van der Waals surface area contributed by atoms with Crippen molar-refractivity contribution in [1.82, 2.24) is 39.9 Å². The number of nitrogens with zero attached hydrogens (tertiary/aromatic N) is 7. The van der Waals surface area contributed by atoms with E-state index in [1.807, 2.05) is 176 Å². The van der Waals surface area contributed by atoms with Gasteiger partial charge in [-0.05, 0) is 170 Å². The van der Waals surface area contributed by atoms with Crippen molar-refractivity contribution in [2.75, 3.05) is 0 Å². The molecule has 0 saturated heterocycles.